The highest BCUT2D eigenvalue weighted by atomic mass is 32.1. The zero-order chi connectivity index (χ0) is 16.1. The van der Waals surface area contributed by atoms with Gasteiger partial charge in [0.2, 0.25) is 0 Å². The second-order valence-corrected chi connectivity index (χ2v) is 6.72. The predicted molar refractivity (Wildman–Crippen MR) is 92.1 cm³/mol. The summed E-state index contributed by atoms with van der Waals surface area (Å²) >= 11 is 1.75. The summed E-state index contributed by atoms with van der Waals surface area (Å²) in [6.45, 7) is 3.01. The van der Waals surface area contributed by atoms with Crippen LogP contribution in [-0.4, -0.2) is 17.4 Å². The normalized spacial score (nSPS) is 14.8. The Morgan fingerprint density at radius 3 is 2.74 bits per heavy atom. The van der Waals surface area contributed by atoms with E-state index in [1.165, 1.54) is 30.7 Å². The Balaban J connectivity index is 1.54. The van der Waals surface area contributed by atoms with Crippen LogP contribution in [0.3, 0.4) is 0 Å². The quantitative estimate of drug-likeness (QED) is 0.866. The van der Waals surface area contributed by atoms with Gasteiger partial charge in [0.25, 0.3) is 5.91 Å². The van der Waals surface area contributed by atoms with Crippen LogP contribution in [0.25, 0.3) is 0 Å². The van der Waals surface area contributed by atoms with E-state index in [2.05, 4.69) is 10.7 Å². The molecule has 1 aromatic carbocycles. The molecule has 23 heavy (non-hydrogen) atoms. The highest BCUT2D eigenvalue weighted by Gasteiger charge is 2.20. The standard InChI is InChI=1S/C18H22N2O2S/c1-2-19-17(21)13-7-9-16(10-8-13)22-11-15-12-23-18(20-15)14-5-3-4-6-14/h7-10,12,14H,2-6,11H2,1H3,(H,19,21). The molecule has 1 aliphatic rings. The van der Waals surface area contributed by atoms with Crippen molar-refractivity contribution in [1.29, 1.82) is 0 Å². The van der Waals surface area contributed by atoms with Crippen molar-refractivity contribution in [2.75, 3.05) is 6.54 Å². The van der Waals surface area contributed by atoms with Crippen molar-refractivity contribution in [3.63, 3.8) is 0 Å². The van der Waals surface area contributed by atoms with E-state index in [0.29, 0.717) is 24.6 Å². The maximum Gasteiger partial charge on any atom is 0.251 e. The fourth-order valence-corrected chi connectivity index (χ4v) is 3.85. The Hall–Kier alpha value is -1.88. The minimum Gasteiger partial charge on any atom is -0.487 e. The van der Waals surface area contributed by atoms with Crippen LogP contribution in [0.1, 0.15) is 59.6 Å². The van der Waals surface area contributed by atoms with Gasteiger partial charge in [-0.1, -0.05) is 12.8 Å². The van der Waals surface area contributed by atoms with Gasteiger partial charge in [-0.3, -0.25) is 4.79 Å². The van der Waals surface area contributed by atoms with Gasteiger partial charge in [-0.05, 0) is 44.0 Å². The number of aromatic nitrogens is 1. The Bertz CT molecular complexity index is 645. The summed E-state index contributed by atoms with van der Waals surface area (Å²) in [5, 5.41) is 6.13. The number of nitrogens with one attached hydrogen (secondary N) is 1. The van der Waals surface area contributed by atoms with Gasteiger partial charge in [-0.2, -0.15) is 0 Å². The monoisotopic (exact) mass is 330 g/mol. The fourth-order valence-electron chi connectivity index (χ4n) is 2.87. The largest absolute Gasteiger partial charge is 0.487 e. The maximum absolute atomic E-state index is 11.7. The van der Waals surface area contributed by atoms with Gasteiger partial charge in [0, 0.05) is 23.4 Å². The first-order chi connectivity index (χ1) is 11.3. The van der Waals surface area contributed by atoms with Crippen molar-refractivity contribution < 1.29 is 9.53 Å². The molecular formula is C18H22N2O2S. The zero-order valence-corrected chi connectivity index (χ0v) is 14.2. The summed E-state index contributed by atoms with van der Waals surface area (Å²) in [7, 11) is 0. The van der Waals surface area contributed by atoms with Gasteiger partial charge in [0.05, 0.1) is 10.7 Å². The van der Waals surface area contributed by atoms with E-state index in [0.717, 1.165) is 11.4 Å². The summed E-state index contributed by atoms with van der Waals surface area (Å²) in [6.07, 6.45) is 5.20. The molecule has 0 aliphatic heterocycles. The highest BCUT2D eigenvalue weighted by molar-refractivity contribution is 7.09. The smallest absolute Gasteiger partial charge is 0.251 e. The van der Waals surface area contributed by atoms with Crippen molar-refractivity contribution in [2.45, 2.75) is 45.1 Å². The highest BCUT2D eigenvalue weighted by Crippen LogP contribution is 2.35. The Morgan fingerprint density at radius 2 is 2.04 bits per heavy atom. The summed E-state index contributed by atoms with van der Waals surface area (Å²) in [4.78, 5) is 16.4. The van der Waals surface area contributed by atoms with Gasteiger partial charge in [-0.25, -0.2) is 4.98 Å². The average molecular weight is 330 g/mol. The third-order valence-electron chi connectivity index (χ3n) is 4.11. The third kappa shape index (κ3) is 4.10. The molecule has 0 bridgehead atoms. The minimum absolute atomic E-state index is 0.0558. The van der Waals surface area contributed by atoms with Gasteiger partial charge in [-0.15, -0.1) is 11.3 Å². The second kappa shape index (κ2) is 7.59. The molecule has 0 saturated heterocycles. The summed E-state index contributed by atoms with van der Waals surface area (Å²) in [6, 6.07) is 7.22. The topological polar surface area (TPSA) is 51.2 Å². The SMILES string of the molecule is CCNC(=O)c1ccc(OCc2csc(C3CCCC3)n2)cc1. The van der Waals surface area contributed by atoms with E-state index in [1.807, 2.05) is 19.1 Å². The first kappa shape index (κ1) is 16.0. The number of carbonyl (C=O) groups is 1. The number of ether oxygens (including phenoxy) is 1. The molecule has 1 saturated carbocycles. The molecule has 4 nitrogen and oxygen atoms in total. The third-order valence-corrected chi connectivity index (χ3v) is 5.17. The Morgan fingerprint density at radius 1 is 1.30 bits per heavy atom. The molecule has 1 aromatic heterocycles. The Labute approximate surface area is 140 Å². The van der Waals surface area contributed by atoms with E-state index in [-0.39, 0.29) is 5.91 Å². The van der Waals surface area contributed by atoms with E-state index in [1.54, 1.807) is 23.5 Å². The number of rotatable bonds is 6. The number of hydrogen-bond donors (Lipinski definition) is 1. The molecule has 122 valence electrons. The lowest BCUT2D eigenvalue weighted by Gasteiger charge is -2.06. The number of hydrogen-bond acceptors (Lipinski definition) is 4. The number of nitrogens with zero attached hydrogens (tertiary/aromatic N) is 1. The van der Waals surface area contributed by atoms with Gasteiger partial charge >= 0.3 is 0 Å². The van der Waals surface area contributed by atoms with Crippen molar-refractivity contribution in [1.82, 2.24) is 10.3 Å². The number of carbonyl (C=O) groups excluding carboxylic acids is 1. The summed E-state index contributed by atoms with van der Waals surface area (Å²) in [5.74, 6) is 1.36. The molecule has 0 radical (unpaired) electrons. The van der Waals surface area contributed by atoms with Crippen molar-refractivity contribution in [3.05, 3.63) is 45.9 Å². The van der Waals surface area contributed by atoms with Crippen molar-refractivity contribution in [3.8, 4) is 5.75 Å². The van der Waals surface area contributed by atoms with Gasteiger partial charge in [0.1, 0.15) is 12.4 Å². The maximum atomic E-state index is 11.7. The van der Waals surface area contributed by atoms with Crippen LogP contribution in [0.5, 0.6) is 5.75 Å². The Kier molecular flexibility index (Phi) is 5.28. The number of benzene rings is 1. The number of thiazole rings is 1. The molecule has 0 unspecified atom stereocenters. The van der Waals surface area contributed by atoms with E-state index in [9.17, 15) is 4.79 Å². The predicted octanol–water partition coefficient (Wildman–Crippen LogP) is 4.13. The lowest BCUT2D eigenvalue weighted by Crippen LogP contribution is -2.22. The van der Waals surface area contributed by atoms with Crippen LogP contribution in [0.2, 0.25) is 0 Å². The lowest BCUT2D eigenvalue weighted by molar-refractivity contribution is 0.0956. The molecular weight excluding hydrogens is 308 g/mol. The van der Waals surface area contributed by atoms with Crippen LogP contribution in [0.15, 0.2) is 29.6 Å². The van der Waals surface area contributed by atoms with Gasteiger partial charge < -0.3 is 10.1 Å². The molecule has 0 atom stereocenters. The molecule has 0 spiro atoms. The average Bonchev–Trinajstić information content (AvgIpc) is 3.25. The van der Waals surface area contributed by atoms with Crippen LogP contribution >= 0.6 is 11.3 Å². The molecule has 3 rings (SSSR count). The van der Waals surface area contributed by atoms with Gasteiger partial charge in [0.15, 0.2) is 0 Å². The molecule has 1 aliphatic carbocycles. The van der Waals surface area contributed by atoms with Crippen LogP contribution < -0.4 is 10.1 Å². The first-order valence-electron chi connectivity index (χ1n) is 8.21. The van der Waals surface area contributed by atoms with E-state index < -0.39 is 0 Å². The van der Waals surface area contributed by atoms with Crippen molar-refractivity contribution >= 4 is 17.2 Å². The summed E-state index contributed by atoms with van der Waals surface area (Å²) < 4.78 is 5.78. The zero-order valence-electron chi connectivity index (χ0n) is 13.4. The molecule has 2 aromatic rings. The molecule has 1 N–H and O–H groups in total. The van der Waals surface area contributed by atoms with Crippen molar-refractivity contribution in [2.24, 2.45) is 0 Å². The van der Waals surface area contributed by atoms with E-state index in [4.69, 9.17) is 9.72 Å². The van der Waals surface area contributed by atoms with E-state index >= 15 is 0 Å². The summed E-state index contributed by atoms with van der Waals surface area (Å²) in [5.41, 5.74) is 1.64. The fraction of sp³-hybridized carbons (Fsp3) is 0.444. The van der Waals surface area contributed by atoms with Crippen LogP contribution in [0.4, 0.5) is 0 Å². The lowest BCUT2D eigenvalue weighted by atomic mass is 10.1. The molecule has 5 heteroatoms. The molecule has 1 fully saturated rings. The molecule has 1 heterocycles. The molecule has 1 amide bonds. The first-order valence-corrected chi connectivity index (χ1v) is 9.09. The van der Waals surface area contributed by atoms with Crippen LogP contribution in [0, 0.1) is 0 Å². The number of amides is 1. The second-order valence-electron chi connectivity index (χ2n) is 5.83. The van der Waals surface area contributed by atoms with Crippen LogP contribution in [-0.2, 0) is 6.61 Å². The minimum atomic E-state index is -0.0558.